The van der Waals surface area contributed by atoms with Crippen molar-refractivity contribution in [3.63, 3.8) is 0 Å². The Morgan fingerprint density at radius 2 is 1.66 bits per heavy atom. The number of amides is 2. The van der Waals surface area contributed by atoms with Gasteiger partial charge in [-0.05, 0) is 69.2 Å². The molecule has 192 valence electrons. The molecule has 0 spiro atoms. The smallest absolute Gasteiger partial charge is 0.244 e. The number of nitrogens with zero attached hydrogens (tertiary/aromatic N) is 2. The van der Waals surface area contributed by atoms with E-state index in [-0.39, 0.29) is 29.6 Å². The third kappa shape index (κ3) is 8.37. The van der Waals surface area contributed by atoms with Crippen molar-refractivity contribution < 1.29 is 22.4 Å². The molecule has 0 aliphatic rings. The molecule has 0 bridgehead atoms. The van der Waals surface area contributed by atoms with Gasteiger partial charge in [0.1, 0.15) is 18.4 Å². The molecule has 0 aromatic heterocycles. The van der Waals surface area contributed by atoms with Gasteiger partial charge in [0.25, 0.3) is 0 Å². The molecule has 0 radical (unpaired) electrons. The maximum atomic E-state index is 13.6. The molecule has 0 aliphatic heterocycles. The van der Waals surface area contributed by atoms with E-state index in [9.17, 15) is 22.4 Å². The van der Waals surface area contributed by atoms with Crippen LogP contribution in [0.15, 0.2) is 42.5 Å². The minimum Gasteiger partial charge on any atom is -0.350 e. The van der Waals surface area contributed by atoms with Crippen molar-refractivity contribution in [1.82, 2.24) is 10.2 Å². The highest BCUT2D eigenvalue weighted by molar-refractivity contribution is 7.92. The van der Waals surface area contributed by atoms with Crippen LogP contribution in [-0.4, -0.2) is 49.5 Å². The van der Waals surface area contributed by atoms with Crippen LogP contribution in [0.2, 0.25) is 10.0 Å². The predicted molar refractivity (Wildman–Crippen MR) is 138 cm³/mol. The van der Waals surface area contributed by atoms with Crippen LogP contribution in [0.1, 0.15) is 39.7 Å². The molecule has 1 atom stereocenters. The Morgan fingerprint density at radius 1 is 1.06 bits per heavy atom. The minimum absolute atomic E-state index is 0.00713. The molecule has 2 amide bonds. The summed E-state index contributed by atoms with van der Waals surface area (Å²) in [6, 6.07) is 8.73. The fourth-order valence-corrected chi connectivity index (χ4v) is 4.60. The van der Waals surface area contributed by atoms with Crippen LogP contribution < -0.4 is 9.62 Å². The summed E-state index contributed by atoms with van der Waals surface area (Å²) in [5.41, 5.74) is 0.196. The van der Waals surface area contributed by atoms with Gasteiger partial charge in [-0.3, -0.25) is 13.9 Å². The lowest BCUT2D eigenvalue weighted by Crippen LogP contribution is -2.55. The Bertz CT molecular complexity index is 1170. The molecule has 0 fully saturated rings. The number of benzene rings is 2. The summed E-state index contributed by atoms with van der Waals surface area (Å²) >= 11 is 12.2. The zero-order chi connectivity index (χ0) is 26.6. The Morgan fingerprint density at radius 3 is 2.14 bits per heavy atom. The molecule has 0 unspecified atom stereocenters. The van der Waals surface area contributed by atoms with Gasteiger partial charge in [0.15, 0.2) is 0 Å². The first-order chi connectivity index (χ1) is 16.1. The van der Waals surface area contributed by atoms with Crippen LogP contribution in [0.3, 0.4) is 0 Å². The van der Waals surface area contributed by atoms with E-state index in [4.69, 9.17) is 23.2 Å². The fourth-order valence-electron chi connectivity index (χ4n) is 3.43. The summed E-state index contributed by atoms with van der Waals surface area (Å²) in [5, 5.41) is 3.50. The lowest BCUT2D eigenvalue weighted by Gasteiger charge is -2.34. The number of hydrogen-bond acceptors (Lipinski definition) is 4. The highest BCUT2D eigenvalue weighted by Gasteiger charge is 2.33. The number of carbonyl (C=O) groups is 2. The molecule has 11 heteroatoms. The van der Waals surface area contributed by atoms with E-state index in [2.05, 4.69) is 5.32 Å². The van der Waals surface area contributed by atoms with E-state index in [1.54, 1.807) is 25.1 Å². The van der Waals surface area contributed by atoms with Gasteiger partial charge in [0.05, 0.1) is 22.0 Å². The Labute approximate surface area is 216 Å². The van der Waals surface area contributed by atoms with Gasteiger partial charge < -0.3 is 10.2 Å². The maximum Gasteiger partial charge on any atom is 0.244 e. The number of carbonyl (C=O) groups excluding carboxylic acids is 2. The number of sulfonamides is 1. The molecule has 2 aromatic rings. The molecule has 35 heavy (non-hydrogen) atoms. The van der Waals surface area contributed by atoms with Crippen LogP contribution in [0.5, 0.6) is 0 Å². The molecule has 0 aliphatic carbocycles. The molecular weight excluding hydrogens is 516 g/mol. The van der Waals surface area contributed by atoms with Crippen molar-refractivity contribution in [3.05, 3.63) is 63.9 Å². The van der Waals surface area contributed by atoms with E-state index >= 15 is 0 Å². The highest BCUT2D eigenvalue weighted by atomic mass is 35.5. The summed E-state index contributed by atoms with van der Waals surface area (Å²) in [6.45, 7) is 6.64. The second-order valence-electron chi connectivity index (χ2n) is 9.18. The van der Waals surface area contributed by atoms with Gasteiger partial charge in [0, 0.05) is 12.1 Å². The number of hydrogen-bond donors (Lipinski definition) is 1. The molecular formula is C24H30Cl2FN3O4S. The van der Waals surface area contributed by atoms with Crippen molar-refractivity contribution in [2.45, 2.75) is 52.2 Å². The van der Waals surface area contributed by atoms with Gasteiger partial charge in [-0.1, -0.05) is 36.2 Å². The number of halogens is 3. The first-order valence-corrected chi connectivity index (χ1v) is 13.5. The summed E-state index contributed by atoms with van der Waals surface area (Å²) in [6.07, 6.45) is 1.24. The topological polar surface area (TPSA) is 86.8 Å². The van der Waals surface area contributed by atoms with Crippen molar-refractivity contribution in [3.8, 4) is 0 Å². The van der Waals surface area contributed by atoms with Crippen LogP contribution >= 0.6 is 23.2 Å². The van der Waals surface area contributed by atoms with E-state index in [0.717, 1.165) is 22.7 Å². The predicted octanol–water partition coefficient (Wildman–Crippen LogP) is 4.62. The SMILES string of the molecule is CC[C@H](C(=O)NC(C)(C)C)N(Cc1ccc(Cl)c(Cl)c1)C(=O)CN(c1ccc(F)cc1)S(C)(=O)=O. The number of anilines is 1. The fraction of sp³-hybridized carbons (Fsp3) is 0.417. The summed E-state index contributed by atoms with van der Waals surface area (Å²) < 4.78 is 39.3. The monoisotopic (exact) mass is 545 g/mol. The van der Waals surface area contributed by atoms with Crippen molar-refractivity contribution in [2.75, 3.05) is 17.1 Å². The molecule has 0 heterocycles. The maximum absolute atomic E-state index is 13.6. The second-order valence-corrected chi connectivity index (χ2v) is 11.9. The summed E-state index contributed by atoms with van der Waals surface area (Å²) in [4.78, 5) is 28.0. The van der Waals surface area contributed by atoms with Crippen molar-refractivity contribution in [2.24, 2.45) is 0 Å². The normalized spacial score (nSPS) is 12.7. The van der Waals surface area contributed by atoms with E-state index in [0.29, 0.717) is 10.6 Å². The Hall–Kier alpha value is -2.36. The van der Waals surface area contributed by atoms with E-state index < -0.39 is 39.9 Å². The zero-order valence-electron chi connectivity index (χ0n) is 20.3. The standard InChI is InChI=1S/C24H30Cl2FN3O4S/c1-6-21(23(32)28-24(2,3)4)29(14-16-7-12-19(25)20(26)13-16)22(31)15-30(35(5,33)34)18-10-8-17(27)9-11-18/h7-13,21H,6,14-15H2,1-5H3,(H,28,32)/t21-/m1/s1. The van der Waals surface area contributed by atoms with E-state index in [1.807, 2.05) is 20.8 Å². The molecule has 0 saturated heterocycles. The molecule has 2 aromatic carbocycles. The van der Waals surface area contributed by atoms with Crippen LogP contribution in [0.25, 0.3) is 0 Å². The molecule has 1 N–H and O–H groups in total. The lowest BCUT2D eigenvalue weighted by atomic mass is 10.1. The first kappa shape index (κ1) is 28.9. The Kier molecular flexibility index (Phi) is 9.56. The average molecular weight is 546 g/mol. The largest absolute Gasteiger partial charge is 0.350 e. The van der Waals surface area contributed by atoms with Gasteiger partial charge >= 0.3 is 0 Å². The van der Waals surface area contributed by atoms with Crippen LogP contribution in [0, 0.1) is 5.82 Å². The zero-order valence-corrected chi connectivity index (χ0v) is 22.6. The van der Waals surface area contributed by atoms with Gasteiger partial charge in [-0.15, -0.1) is 0 Å². The van der Waals surface area contributed by atoms with E-state index in [1.165, 1.54) is 17.0 Å². The second kappa shape index (κ2) is 11.6. The van der Waals surface area contributed by atoms with Crippen molar-refractivity contribution >= 4 is 50.7 Å². The van der Waals surface area contributed by atoms with Crippen LogP contribution in [-0.2, 0) is 26.2 Å². The van der Waals surface area contributed by atoms with Crippen molar-refractivity contribution in [1.29, 1.82) is 0 Å². The van der Waals surface area contributed by atoms with Gasteiger partial charge in [-0.25, -0.2) is 12.8 Å². The quantitative estimate of drug-likeness (QED) is 0.498. The number of nitrogens with one attached hydrogen (secondary N) is 1. The molecule has 2 rings (SSSR count). The van der Waals surface area contributed by atoms with Crippen LogP contribution in [0.4, 0.5) is 10.1 Å². The third-order valence-electron chi connectivity index (χ3n) is 5.01. The first-order valence-electron chi connectivity index (χ1n) is 10.9. The highest BCUT2D eigenvalue weighted by Crippen LogP contribution is 2.25. The van der Waals surface area contributed by atoms with Gasteiger partial charge in [0.2, 0.25) is 21.8 Å². The Balaban J connectivity index is 2.47. The van der Waals surface area contributed by atoms with Gasteiger partial charge in [-0.2, -0.15) is 0 Å². The molecule has 7 nitrogen and oxygen atoms in total. The summed E-state index contributed by atoms with van der Waals surface area (Å²) in [5.74, 6) is -1.53. The lowest BCUT2D eigenvalue weighted by molar-refractivity contribution is -0.141. The number of rotatable bonds is 9. The average Bonchev–Trinajstić information content (AvgIpc) is 2.73. The minimum atomic E-state index is -3.90. The summed E-state index contributed by atoms with van der Waals surface area (Å²) in [7, 11) is -3.90. The molecule has 0 saturated carbocycles. The third-order valence-corrected chi connectivity index (χ3v) is 6.89.